The van der Waals surface area contributed by atoms with Crippen molar-refractivity contribution in [2.75, 3.05) is 19.8 Å². The molecule has 2 aromatic carbocycles. The number of ether oxygens (including phenoxy) is 2. The van der Waals surface area contributed by atoms with Gasteiger partial charge < -0.3 is 24.5 Å². The van der Waals surface area contributed by atoms with Crippen LogP contribution in [0.3, 0.4) is 0 Å². The fraction of sp³-hybridized carbons (Fsp3) is 0.300. The van der Waals surface area contributed by atoms with Crippen molar-refractivity contribution in [3.05, 3.63) is 82.1 Å². The molecule has 39 heavy (non-hydrogen) atoms. The third-order valence-electron chi connectivity index (χ3n) is 6.61. The Balaban J connectivity index is 1.45. The molecule has 0 bridgehead atoms. The number of aliphatic imine (C=N–C) groups is 1. The minimum Gasteiger partial charge on any atom is -0.506 e. The van der Waals surface area contributed by atoms with Crippen molar-refractivity contribution in [3.63, 3.8) is 0 Å². The van der Waals surface area contributed by atoms with Gasteiger partial charge in [-0.25, -0.2) is 9.79 Å². The predicted octanol–water partition coefficient (Wildman–Crippen LogP) is 5.44. The Labute approximate surface area is 231 Å². The number of hydrogen-bond donors (Lipinski definition) is 2. The molecule has 202 valence electrons. The van der Waals surface area contributed by atoms with Crippen LogP contribution in [0.4, 0.5) is 5.69 Å². The highest BCUT2D eigenvalue weighted by atomic mass is 32.2. The number of carbonyl (C=O) groups is 2. The fourth-order valence-corrected chi connectivity index (χ4v) is 5.66. The molecule has 1 aromatic heterocycles. The number of rotatable bonds is 8. The second-order valence-electron chi connectivity index (χ2n) is 9.48. The Hall–Kier alpha value is -3.82. The maximum atomic E-state index is 12.8. The Morgan fingerprint density at radius 1 is 1.23 bits per heavy atom. The summed E-state index contributed by atoms with van der Waals surface area (Å²) in [7, 11) is 0. The van der Waals surface area contributed by atoms with Crippen molar-refractivity contribution in [3.8, 4) is 0 Å². The van der Waals surface area contributed by atoms with Crippen LogP contribution in [0.25, 0.3) is 17.0 Å². The summed E-state index contributed by atoms with van der Waals surface area (Å²) in [6, 6.07) is 15.4. The van der Waals surface area contributed by atoms with Crippen molar-refractivity contribution in [1.29, 1.82) is 0 Å². The molecule has 2 aliphatic rings. The second-order valence-corrected chi connectivity index (χ2v) is 10.5. The number of fused-ring (bicyclic) bond motifs is 1. The highest BCUT2D eigenvalue weighted by Gasteiger charge is 2.33. The van der Waals surface area contributed by atoms with E-state index in [0.717, 1.165) is 41.5 Å². The van der Waals surface area contributed by atoms with E-state index in [4.69, 9.17) is 9.47 Å². The number of para-hydroxylation sites is 1. The van der Waals surface area contributed by atoms with Gasteiger partial charge in [-0.1, -0.05) is 47.7 Å². The zero-order valence-corrected chi connectivity index (χ0v) is 22.8. The van der Waals surface area contributed by atoms with Crippen molar-refractivity contribution in [2.24, 2.45) is 4.99 Å². The van der Waals surface area contributed by atoms with Crippen LogP contribution in [0.5, 0.6) is 0 Å². The first-order valence-electron chi connectivity index (χ1n) is 13.0. The van der Waals surface area contributed by atoms with Gasteiger partial charge in [0.25, 0.3) is 0 Å². The number of amides is 1. The number of carbonyl (C=O) groups excluding carboxylic acids is 2. The quantitative estimate of drug-likeness (QED) is 0.366. The van der Waals surface area contributed by atoms with Gasteiger partial charge in [0.1, 0.15) is 22.9 Å². The fourth-order valence-electron chi connectivity index (χ4n) is 4.63. The summed E-state index contributed by atoms with van der Waals surface area (Å²) in [5.74, 6) is -0.891. The van der Waals surface area contributed by atoms with Gasteiger partial charge in [0.2, 0.25) is 5.91 Å². The highest BCUT2D eigenvalue weighted by molar-refractivity contribution is 8.18. The molecule has 1 fully saturated rings. The molecule has 1 amide bonds. The molecule has 0 unspecified atom stereocenters. The van der Waals surface area contributed by atoms with E-state index in [0.29, 0.717) is 22.2 Å². The van der Waals surface area contributed by atoms with Gasteiger partial charge in [0.05, 0.1) is 23.3 Å². The Kier molecular flexibility index (Phi) is 8.18. The van der Waals surface area contributed by atoms with Crippen molar-refractivity contribution >= 4 is 51.3 Å². The molecule has 0 aliphatic carbocycles. The normalized spacial score (nSPS) is 19.4. The maximum absolute atomic E-state index is 12.8. The number of nitrogens with zero attached hydrogens (tertiary/aromatic N) is 2. The first kappa shape index (κ1) is 26.8. The van der Waals surface area contributed by atoms with Gasteiger partial charge in [-0.2, -0.15) is 0 Å². The number of esters is 1. The zero-order chi connectivity index (χ0) is 27.4. The van der Waals surface area contributed by atoms with Crippen LogP contribution in [0.15, 0.2) is 76.0 Å². The number of thioether (sulfide) groups is 1. The molecule has 5 rings (SSSR count). The van der Waals surface area contributed by atoms with Crippen molar-refractivity contribution < 1.29 is 24.2 Å². The molecule has 2 aliphatic heterocycles. The third-order valence-corrected chi connectivity index (χ3v) is 7.63. The monoisotopic (exact) mass is 545 g/mol. The molecule has 0 saturated carbocycles. The molecule has 8 nitrogen and oxygen atoms in total. The summed E-state index contributed by atoms with van der Waals surface area (Å²) >= 11 is 1.21. The minimum absolute atomic E-state index is 0.0472. The predicted molar refractivity (Wildman–Crippen MR) is 154 cm³/mol. The molecule has 1 saturated heterocycles. The minimum atomic E-state index is -0.623. The third kappa shape index (κ3) is 6.10. The first-order chi connectivity index (χ1) is 18.9. The number of aliphatic hydroxyl groups excluding tert-OH is 1. The van der Waals surface area contributed by atoms with E-state index in [1.165, 1.54) is 11.8 Å². The van der Waals surface area contributed by atoms with Gasteiger partial charge >= 0.3 is 5.97 Å². The number of aromatic nitrogens is 1. The van der Waals surface area contributed by atoms with Crippen LogP contribution in [-0.2, 0) is 25.6 Å². The van der Waals surface area contributed by atoms with E-state index in [1.54, 1.807) is 6.92 Å². The molecule has 3 heterocycles. The Morgan fingerprint density at radius 3 is 2.77 bits per heavy atom. The van der Waals surface area contributed by atoms with Gasteiger partial charge in [-0.05, 0) is 51.0 Å². The number of aliphatic hydroxyl groups is 1. The number of nitrogens with one attached hydrogen (secondary N) is 1. The lowest BCUT2D eigenvalue weighted by atomic mass is 10.1. The molecule has 2 N–H and O–H groups in total. The number of aryl methyl sites for hydroxylation is 1. The van der Waals surface area contributed by atoms with Crippen molar-refractivity contribution in [1.82, 2.24) is 9.88 Å². The van der Waals surface area contributed by atoms with E-state index in [-0.39, 0.29) is 36.5 Å². The SMILES string of the molecule is CCOC(=O)C1=C(O)/C(=C/c2cn(CC(=O)NC[C@H]3CCCO3)c3ccccc23)SC1=Nc1ccc(C)cc1. The van der Waals surface area contributed by atoms with Crippen LogP contribution >= 0.6 is 11.8 Å². The van der Waals surface area contributed by atoms with E-state index in [1.807, 2.05) is 72.3 Å². The Morgan fingerprint density at radius 2 is 2.03 bits per heavy atom. The summed E-state index contributed by atoms with van der Waals surface area (Å²) in [6.45, 7) is 5.29. The molecule has 1 atom stereocenters. The maximum Gasteiger partial charge on any atom is 0.344 e. The van der Waals surface area contributed by atoms with E-state index >= 15 is 0 Å². The zero-order valence-electron chi connectivity index (χ0n) is 22.0. The number of hydrogen-bond acceptors (Lipinski definition) is 7. The molecule has 9 heteroatoms. The lowest BCUT2D eigenvalue weighted by Crippen LogP contribution is -2.34. The molecular formula is C30H31N3O5S. The topological polar surface area (TPSA) is 102 Å². The van der Waals surface area contributed by atoms with E-state index in [9.17, 15) is 14.7 Å². The van der Waals surface area contributed by atoms with E-state index < -0.39 is 5.97 Å². The van der Waals surface area contributed by atoms with Gasteiger partial charge in [0, 0.05) is 35.8 Å². The van der Waals surface area contributed by atoms with Gasteiger partial charge in [-0.15, -0.1) is 0 Å². The van der Waals surface area contributed by atoms with Crippen LogP contribution in [0.1, 0.15) is 30.9 Å². The van der Waals surface area contributed by atoms with Crippen LogP contribution < -0.4 is 5.32 Å². The average Bonchev–Trinajstić information content (AvgIpc) is 3.64. The summed E-state index contributed by atoms with van der Waals surface area (Å²) in [5, 5.41) is 15.4. The molecular weight excluding hydrogens is 514 g/mol. The lowest BCUT2D eigenvalue weighted by molar-refractivity contribution is -0.138. The van der Waals surface area contributed by atoms with Crippen LogP contribution in [-0.4, -0.2) is 52.5 Å². The summed E-state index contributed by atoms with van der Waals surface area (Å²) < 4.78 is 12.7. The Bertz CT molecular complexity index is 1480. The van der Waals surface area contributed by atoms with Crippen molar-refractivity contribution in [2.45, 2.75) is 39.3 Å². The molecule has 0 spiro atoms. The smallest absolute Gasteiger partial charge is 0.344 e. The lowest BCUT2D eigenvalue weighted by Gasteiger charge is -2.11. The average molecular weight is 546 g/mol. The number of benzene rings is 2. The standard InChI is InChI=1S/C30H31N3O5S/c1-3-37-30(36)27-28(35)25(39-29(27)32-21-12-10-19(2)11-13-21)15-20-17-33(24-9-5-4-8-23(20)24)18-26(34)31-16-22-7-6-14-38-22/h4-5,8-13,15,17,22,35H,3,6-7,14,16,18H2,1-2H3,(H,31,34)/b25-15-,32-29?/t22-/m1/s1. The van der Waals surface area contributed by atoms with E-state index in [2.05, 4.69) is 10.3 Å². The highest BCUT2D eigenvalue weighted by Crippen LogP contribution is 2.41. The summed E-state index contributed by atoms with van der Waals surface area (Å²) in [4.78, 5) is 30.6. The van der Waals surface area contributed by atoms with Gasteiger partial charge in [-0.3, -0.25) is 4.79 Å². The second kappa shape index (κ2) is 11.9. The van der Waals surface area contributed by atoms with Crippen LogP contribution in [0.2, 0.25) is 0 Å². The molecule has 3 aromatic rings. The summed E-state index contributed by atoms with van der Waals surface area (Å²) in [5.41, 5.74) is 3.52. The first-order valence-corrected chi connectivity index (χ1v) is 13.9. The summed E-state index contributed by atoms with van der Waals surface area (Å²) in [6.07, 6.45) is 5.77. The molecule has 0 radical (unpaired) electrons. The van der Waals surface area contributed by atoms with Gasteiger partial charge in [0.15, 0.2) is 0 Å². The largest absolute Gasteiger partial charge is 0.506 e. The van der Waals surface area contributed by atoms with Crippen LogP contribution in [0, 0.1) is 6.92 Å².